The molecule has 1 amide bonds. The van der Waals surface area contributed by atoms with Gasteiger partial charge in [-0.25, -0.2) is 0 Å². The Bertz CT molecular complexity index is 528. The summed E-state index contributed by atoms with van der Waals surface area (Å²) in [6.07, 6.45) is 5.86. The molecular formula is C19H29NO3. The average Bonchev–Trinajstić information content (AvgIpc) is 2.91. The van der Waals surface area contributed by atoms with Gasteiger partial charge in [-0.1, -0.05) is 25.0 Å². The van der Waals surface area contributed by atoms with Crippen LogP contribution in [0.25, 0.3) is 0 Å². The molecule has 0 saturated heterocycles. The van der Waals surface area contributed by atoms with Gasteiger partial charge in [-0.2, -0.15) is 0 Å². The van der Waals surface area contributed by atoms with Crippen molar-refractivity contribution in [3.63, 3.8) is 0 Å². The van der Waals surface area contributed by atoms with Gasteiger partial charge in [-0.05, 0) is 63.6 Å². The smallest absolute Gasteiger partial charge is 0.251 e. The molecule has 1 aromatic rings. The summed E-state index contributed by atoms with van der Waals surface area (Å²) in [5.41, 5.74) is 0.405. The number of hydrogen-bond donors (Lipinski definition) is 3. The number of aliphatic hydroxyl groups is 2. The predicted molar refractivity (Wildman–Crippen MR) is 91.4 cm³/mol. The SMILES string of the molecule is CC(C)(O)CCc1cccc(C(=O)NCCC2(O)CCCC2)c1. The van der Waals surface area contributed by atoms with Crippen LogP contribution in [0.2, 0.25) is 0 Å². The van der Waals surface area contributed by atoms with Crippen LogP contribution in [-0.4, -0.2) is 33.9 Å². The molecule has 1 aliphatic rings. The number of amides is 1. The Morgan fingerprint density at radius 1 is 1.30 bits per heavy atom. The topological polar surface area (TPSA) is 69.6 Å². The van der Waals surface area contributed by atoms with Crippen LogP contribution in [0.4, 0.5) is 0 Å². The lowest BCUT2D eigenvalue weighted by Gasteiger charge is -2.22. The van der Waals surface area contributed by atoms with E-state index in [1.54, 1.807) is 19.9 Å². The molecule has 0 radical (unpaired) electrons. The number of benzene rings is 1. The number of nitrogens with one attached hydrogen (secondary N) is 1. The van der Waals surface area contributed by atoms with Crippen molar-refractivity contribution in [1.82, 2.24) is 5.32 Å². The van der Waals surface area contributed by atoms with Crippen molar-refractivity contribution in [3.05, 3.63) is 35.4 Å². The van der Waals surface area contributed by atoms with Gasteiger partial charge in [0.25, 0.3) is 5.91 Å². The highest BCUT2D eigenvalue weighted by atomic mass is 16.3. The second kappa shape index (κ2) is 7.45. The van der Waals surface area contributed by atoms with Crippen LogP contribution < -0.4 is 5.32 Å². The molecule has 3 N–H and O–H groups in total. The zero-order valence-electron chi connectivity index (χ0n) is 14.3. The first kappa shape index (κ1) is 18.0. The van der Waals surface area contributed by atoms with Gasteiger partial charge in [0.1, 0.15) is 0 Å². The van der Waals surface area contributed by atoms with Crippen molar-refractivity contribution in [3.8, 4) is 0 Å². The fraction of sp³-hybridized carbons (Fsp3) is 0.632. The maximum atomic E-state index is 12.2. The summed E-state index contributed by atoms with van der Waals surface area (Å²) in [5, 5.41) is 23.0. The summed E-state index contributed by atoms with van der Waals surface area (Å²) in [4.78, 5) is 12.2. The van der Waals surface area contributed by atoms with Gasteiger partial charge in [-0.15, -0.1) is 0 Å². The third-order valence-corrected chi connectivity index (χ3v) is 4.62. The summed E-state index contributed by atoms with van der Waals surface area (Å²) in [5.74, 6) is -0.100. The van der Waals surface area contributed by atoms with Crippen molar-refractivity contribution in [2.24, 2.45) is 0 Å². The molecule has 1 aromatic carbocycles. The second-order valence-electron chi connectivity index (χ2n) is 7.45. The highest BCUT2D eigenvalue weighted by Gasteiger charge is 2.30. The molecule has 0 aromatic heterocycles. The van der Waals surface area contributed by atoms with Gasteiger partial charge >= 0.3 is 0 Å². The zero-order chi connectivity index (χ0) is 16.9. The maximum Gasteiger partial charge on any atom is 0.251 e. The van der Waals surface area contributed by atoms with E-state index in [0.717, 1.165) is 37.7 Å². The van der Waals surface area contributed by atoms with E-state index in [1.165, 1.54) is 0 Å². The summed E-state index contributed by atoms with van der Waals surface area (Å²) in [7, 11) is 0. The lowest BCUT2D eigenvalue weighted by atomic mass is 9.97. The first-order valence-electron chi connectivity index (χ1n) is 8.59. The minimum atomic E-state index is -0.699. The molecule has 1 aliphatic carbocycles. The van der Waals surface area contributed by atoms with E-state index in [9.17, 15) is 15.0 Å². The quantitative estimate of drug-likeness (QED) is 0.724. The predicted octanol–water partition coefficient (Wildman–Crippen LogP) is 2.82. The monoisotopic (exact) mass is 319 g/mol. The van der Waals surface area contributed by atoms with E-state index < -0.39 is 11.2 Å². The van der Waals surface area contributed by atoms with Crippen LogP contribution in [0.1, 0.15) is 68.3 Å². The van der Waals surface area contributed by atoms with Crippen LogP contribution in [-0.2, 0) is 6.42 Å². The molecular weight excluding hydrogens is 290 g/mol. The normalized spacial score (nSPS) is 17.2. The minimum Gasteiger partial charge on any atom is -0.390 e. The van der Waals surface area contributed by atoms with Crippen LogP contribution in [0.3, 0.4) is 0 Å². The van der Waals surface area contributed by atoms with Gasteiger partial charge in [0, 0.05) is 12.1 Å². The van der Waals surface area contributed by atoms with Gasteiger partial charge < -0.3 is 15.5 Å². The van der Waals surface area contributed by atoms with E-state index in [1.807, 2.05) is 18.2 Å². The molecule has 2 rings (SSSR count). The lowest BCUT2D eigenvalue weighted by Crippen LogP contribution is -2.33. The fourth-order valence-corrected chi connectivity index (χ4v) is 3.11. The molecule has 0 aliphatic heterocycles. The van der Waals surface area contributed by atoms with Crippen LogP contribution in [0.15, 0.2) is 24.3 Å². The van der Waals surface area contributed by atoms with Crippen molar-refractivity contribution < 1.29 is 15.0 Å². The number of hydrogen-bond acceptors (Lipinski definition) is 3. The Balaban J connectivity index is 1.84. The third kappa shape index (κ3) is 5.96. The zero-order valence-corrected chi connectivity index (χ0v) is 14.3. The first-order chi connectivity index (χ1) is 10.8. The van der Waals surface area contributed by atoms with Crippen molar-refractivity contribution in [1.29, 1.82) is 0 Å². The third-order valence-electron chi connectivity index (χ3n) is 4.62. The van der Waals surface area contributed by atoms with Gasteiger partial charge in [-0.3, -0.25) is 4.79 Å². The standard InChI is InChI=1S/C19H29NO3/c1-18(2,22)11-8-15-6-5-7-16(14-15)17(21)20-13-12-19(23)9-3-4-10-19/h5-7,14,22-23H,3-4,8-13H2,1-2H3,(H,20,21). The van der Waals surface area contributed by atoms with Crippen LogP contribution in [0, 0.1) is 0 Å². The average molecular weight is 319 g/mol. The van der Waals surface area contributed by atoms with Crippen LogP contribution in [0.5, 0.6) is 0 Å². The van der Waals surface area contributed by atoms with Crippen molar-refractivity contribution >= 4 is 5.91 Å². The molecule has 0 heterocycles. The molecule has 1 saturated carbocycles. The molecule has 128 valence electrons. The first-order valence-corrected chi connectivity index (χ1v) is 8.59. The van der Waals surface area contributed by atoms with Crippen molar-refractivity contribution in [2.75, 3.05) is 6.54 Å². The fourth-order valence-electron chi connectivity index (χ4n) is 3.11. The Morgan fingerprint density at radius 3 is 2.65 bits per heavy atom. The Kier molecular flexibility index (Phi) is 5.82. The summed E-state index contributed by atoms with van der Waals surface area (Å²) < 4.78 is 0. The Labute approximate surface area is 138 Å². The van der Waals surface area contributed by atoms with Gasteiger partial charge in [0.05, 0.1) is 11.2 Å². The highest BCUT2D eigenvalue weighted by molar-refractivity contribution is 5.94. The summed E-state index contributed by atoms with van der Waals surface area (Å²) in [6, 6.07) is 7.53. The molecule has 1 fully saturated rings. The van der Waals surface area contributed by atoms with E-state index >= 15 is 0 Å². The molecule has 23 heavy (non-hydrogen) atoms. The van der Waals surface area contributed by atoms with Crippen molar-refractivity contribution in [2.45, 2.75) is 70.0 Å². The van der Waals surface area contributed by atoms with E-state index in [4.69, 9.17) is 0 Å². The molecule has 0 unspecified atom stereocenters. The molecule has 0 bridgehead atoms. The lowest BCUT2D eigenvalue weighted by molar-refractivity contribution is 0.0389. The van der Waals surface area contributed by atoms with E-state index in [-0.39, 0.29) is 5.91 Å². The Morgan fingerprint density at radius 2 is 2.00 bits per heavy atom. The molecule has 0 atom stereocenters. The summed E-state index contributed by atoms with van der Waals surface area (Å²) in [6.45, 7) is 4.08. The minimum absolute atomic E-state index is 0.100. The van der Waals surface area contributed by atoms with E-state index in [2.05, 4.69) is 5.32 Å². The van der Waals surface area contributed by atoms with E-state index in [0.29, 0.717) is 24.9 Å². The maximum absolute atomic E-state index is 12.2. The molecule has 4 heteroatoms. The van der Waals surface area contributed by atoms with Gasteiger partial charge in [0.2, 0.25) is 0 Å². The molecule has 4 nitrogen and oxygen atoms in total. The number of aryl methyl sites for hydroxylation is 1. The number of carbonyl (C=O) groups is 1. The largest absolute Gasteiger partial charge is 0.390 e. The van der Waals surface area contributed by atoms with Crippen LogP contribution >= 0.6 is 0 Å². The highest BCUT2D eigenvalue weighted by Crippen LogP contribution is 2.31. The number of rotatable bonds is 7. The van der Waals surface area contributed by atoms with Gasteiger partial charge in [0.15, 0.2) is 0 Å². The summed E-state index contributed by atoms with van der Waals surface area (Å²) >= 11 is 0. The number of carbonyl (C=O) groups excluding carboxylic acids is 1. The molecule has 0 spiro atoms. The Hall–Kier alpha value is -1.39. The second-order valence-corrected chi connectivity index (χ2v) is 7.45.